The van der Waals surface area contributed by atoms with E-state index in [1.807, 2.05) is 23.1 Å². The van der Waals surface area contributed by atoms with E-state index < -0.39 is 0 Å². The zero-order chi connectivity index (χ0) is 14.1. The van der Waals surface area contributed by atoms with Crippen molar-refractivity contribution >= 4 is 5.91 Å². The number of hydrogen-bond acceptors (Lipinski definition) is 3. The van der Waals surface area contributed by atoms with Crippen molar-refractivity contribution < 1.29 is 4.79 Å². The number of hydrogen-bond donors (Lipinski definition) is 1. The lowest BCUT2D eigenvalue weighted by molar-refractivity contribution is -0.136. The van der Waals surface area contributed by atoms with E-state index in [-0.39, 0.29) is 17.0 Å². The highest BCUT2D eigenvalue weighted by Gasteiger charge is 2.38. The average Bonchev–Trinajstić information content (AvgIpc) is 2.40. The Hall–Kier alpha value is -1.42. The summed E-state index contributed by atoms with van der Waals surface area (Å²) in [5.74, 6) is 0.186. The first-order valence-electron chi connectivity index (χ1n) is 6.76. The molecule has 0 atom stereocenters. The van der Waals surface area contributed by atoms with Gasteiger partial charge in [-0.05, 0) is 39.8 Å². The van der Waals surface area contributed by atoms with Gasteiger partial charge in [0.1, 0.15) is 0 Å². The van der Waals surface area contributed by atoms with E-state index in [2.05, 4.69) is 38.0 Å². The first-order chi connectivity index (χ1) is 8.80. The standard InChI is InChI=1S/C15H23N3O/c1-14(2)9-13(19)18(15(3,4)11-17-14)10-12-7-5-6-8-16-12/h5-8,17H,9-11H2,1-4H3. The Labute approximate surface area is 115 Å². The zero-order valence-corrected chi connectivity index (χ0v) is 12.2. The van der Waals surface area contributed by atoms with Crippen molar-refractivity contribution in [1.82, 2.24) is 15.2 Å². The largest absolute Gasteiger partial charge is 0.330 e. The Balaban J connectivity index is 2.23. The molecule has 1 N–H and O–H groups in total. The maximum Gasteiger partial charge on any atom is 0.225 e. The lowest BCUT2D eigenvalue weighted by Crippen LogP contribution is -2.50. The number of rotatable bonds is 2. The van der Waals surface area contributed by atoms with Crippen molar-refractivity contribution in [3.63, 3.8) is 0 Å². The number of amides is 1. The van der Waals surface area contributed by atoms with Gasteiger partial charge in [-0.3, -0.25) is 9.78 Å². The molecule has 0 aliphatic carbocycles. The second-order valence-electron chi connectivity index (χ2n) is 6.53. The normalized spacial score (nSPS) is 22.1. The van der Waals surface area contributed by atoms with Crippen LogP contribution < -0.4 is 5.32 Å². The lowest BCUT2D eigenvalue weighted by atomic mass is 10.0. The van der Waals surface area contributed by atoms with Gasteiger partial charge < -0.3 is 10.2 Å². The maximum absolute atomic E-state index is 12.5. The monoisotopic (exact) mass is 261 g/mol. The van der Waals surface area contributed by atoms with E-state index in [0.717, 1.165) is 12.2 Å². The predicted octanol–water partition coefficient (Wildman–Crippen LogP) is 1.96. The van der Waals surface area contributed by atoms with Gasteiger partial charge in [-0.2, -0.15) is 0 Å². The average molecular weight is 261 g/mol. The van der Waals surface area contributed by atoms with E-state index >= 15 is 0 Å². The molecule has 0 unspecified atom stereocenters. The van der Waals surface area contributed by atoms with Gasteiger partial charge in [0, 0.05) is 24.7 Å². The molecule has 0 bridgehead atoms. The molecule has 1 aliphatic rings. The molecule has 104 valence electrons. The highest BCUT2D eigenvalue weighted by atomic mass is 16.2. The fourth-order valence-corrected chi connectivity index (χ4v) is 2.38. The van der Waals surface area contributed by atoms with Crippen LogP contribution in [0.2, 0.25) is 0 Å². The summed E-state index contributed by atoms with van der Waals surface area (Å²) in [6.45, 7) is 9.71. The van der Waals surface area contributed by atoms with E-state index in [9.17, 15) is 4.79 Å². The van der Waals surface area contributed by atoms with Gasteiger partial charge in [0.05, 0.1) is 17.8 Å². The highest BCUT2D eigenvalue weighted by Crippen LogP contribution is 2.25. The van der Waals surface area contributed by atoms with Crippen molar-refractivity contribution in [1.29, 1.82) is 0 Å². The minimum Gasteiger partial charge on any atom is -0.330 e. The van der Waals surface area contributed by atoms with Crippen LogP contribution in [0.15, 0.2) is 24.4 Å². The first-order valence-corrected chi connectivity index (χ1v) is 6.76. The molecule has 0 radical (unpaired) electrons. The molecule has 1 saturated heterocycles. The van der Waals surface area contributed by atoms with Crippen molar-refractivity contribution in [2.24, 2.45) is 0 Å². The van der Waals surface area contributed by atoms with Crippen molar-refractivity contribution in [3.05, 3.63) is 30.1 Å². The van der Waals surface area contributed by atoms with Crippen LogP contribution in [0.3, 0.4) is 0 Å². The van der Waals surface area contributed by atoms with Crippen LogP contribution >= 0.6 is 0 Å². The number of carbonyl (C=O) groups is 1. The molecule has 0 aromatic carbocycles. The Bertz CT molecular complexity index is 454. The van der Waals surface area contributed by atoms with Crippen LogP contribution in [0.1, 0.15) is 39.8 Å². The van der Waals surface area contributed by atoms with Gasteiger partial charge in [-0.15, -0.1) is 0 Å². The van der Waals surface area contributed by atoms with Gasteiger partial charge >= 0.3 is 0 Å². The molecule has 1 aliphatic heterocycles. The highest BCUT2D eigenvalue weighted by molar-refractivity contribution is 5.78. The molecular weight excluding hydrogens is 238 g/mol. The molecule has 2 rings (SSSR count). The molecule has 4 heteroatoms. The molecule has 1 amide bonds. The Morgan fingerprint density at radius 3 is 2.68 bits per heavy atom. The minimum absolute atomic E-state index is 0.146. The lowest BCUT2D eigenvalue weighted by Gasteiger charge is -2.36. The quantitative estimate of drug-likeness (QED) is 0.885. The summed E-state index contributed by atoms with van der Waals surface area (Å²) in [5, 5.41) is 3.47. The summed E-state index contributed by atoms with van der Waals surface area (Å²) in [7, 11) is 0. The molecule has 1 aromatic rings. The van der Waals surface area contributed by atoms with Crippen LogP contribution in [0.4, 0.5) is 0 Å². The SMILES string of the molecule is CC1(C)CC(=O)N(Cc2ccccn2)C(C)(C)CN1. The van der Waals surface area contributed by atoms with Crippen molar-refractivity contribution in [2.75, 3.05) is 6.54 Å². The number of pyridine rings is 1. The van der Waals surface area contributed by atoms with Crippen LogP contribution in [0.25, 0.3) is 0 Å². The number of carbonyl (C=O) groups excluding carboxylic acids is 1. The maximum atomic E-state index is 12.5. The predicted molar refractivity (Wildman–Crippen MR) is 75.6 cm³/mol. The molecule has 19 heavy (non-hydrogen) atoms. The van der Waals surface area contributed by atoms with E-state index in [4.69, 9.17) is 0 Å². The molecular formula is C15H23N3O. The number of aromatic nitrogens is 1. The summed E-state index contributed by atoms with van der Waals surface area (Å²) in [4.78, 5) is 18.8. The third-order valence-corrected chi connectivity index (χ3v) is 3.67. The zero-order valence-electron chi connectivity index (χ0n) is 12.2. The molecule has 4 nitrogen and oxygen atoms in total. The Morgan fingerprint density at radius 2 is 2.05 bits per heavy atom. The summed E-state index contributed by atoms with van der Waals surface area (Å²) in [6.07, 6.45) is 2.29. The van der Waals surface area contributed by atoms with Gasteiger partial charge in [0.25, 0.3) is 0 Å². The summed E-state index contributed by atoms with van der Waals surface area (Å²) >= 11 is 0. The Morgan fingerprint density at radius 1 is 1.32 bits per heavy atom. The molecule has 0 spiro atoms. The third-order valence-electron chi connectivity index (χ3n) is 3.67. The molecule has 0 saturated carbocycles. The van der Waals surface area contributed by atoms with E-state index in [0.29, 0.717) is 13.0 Å². The first kappa shape index (κ1) is 14.0. The topological polar surface area (TPSA) is 45.2 Å². The summed E-state index contributed by atoms with van der Waals surface area (Å²) < 4.78 is 0. The Kier molecular flexibility index (Phi) is 3.63. The van der Waals surface area contributed by atoms with Gasteiger partial charge in [0.15, 0.2) is 0 Å². The van der Waals surface area contributed by atoms with Crippen LogP contribution in [0, 0.1) is 0 Å². The van der Waals surface area contributed by atoms with E-state index in [1.54, 1.807) is 6.20 Å². The van der Waals surface area contributed by atoms with Crippen molar-refractivity contribution in [3.8, 4) is 0 Å². The van der Waals surface area contributed by atoms with Crippen LogP contribution in [-0.2, 0) is 11.3 Å². The second-order valence-corrected chi connectivity index (χ2v) is 6.53. The van der Waals surface area contributed by atoms with E-state index in [1.165, 1.54) is 0 Å². The third kappa shape index (κ3) is 3.32. The second kappa shape index (κ2) is 4.93. The minimum atomic E-state index is -0.206. The molecule has 1 aromatic heterocycles. The summed E-state index contributed by atoms with van der Waals surface area (Å²) in [6, 6.07) is 5.82. The number of nitrogens with zero attached hydrogens (tertiary/aromatic N) is 2. The van der Waals surface area contributed by atoms with Crippen LogP contribution in [-0.4, -0.2) is 33.4 Å². The van der Waals surface area contributed by atoms with Gasteiger partial charge in [-0.1, -0.05) is 6.07 Å². The van der Waals surface area contributed by atoms with Crippen LogP contribution in [0.5, 0.6) is 0 Å². The molecule has 1 fully saturated rings. The number of nitrogens with one attached hydrogen (secondary N) is 1. The van der Waals surface area contributed by atoms with Gasteiger partial charge in [-0.25, -0.2) is 0 Å². The fraction of sp³-hybridized carbons (Fsp3) is 0.600. The van der Waals surface area contributed by atoms with Gasteiger partial charge in [0.2, 0.25) is 5.91 Å². The van der Waals surface area contributed by atoms with Crippen molar-refractivity contribution in [2.45, 2.75) is 51.7 Å². The fourth-order valence-electron chi connectivity index (χ4n) is 2.38. The smallest absolute Gasteiger partial charge is 0.225 e. The molecule has 2 heterocycles. The summed E-state index contributed by atoms with van der Waals surface area (Å²) in [5.41, 5.74) is 0.582.